The van der Waals surface area contributed by atoms with Gasteiger partial charge in [-0.3, -0.25) is 14.3 Å². The van der Waals surface area contributed by atoms with E-state index in [0.29, 0.717) is 27.8 Å². The fraction of sp³-hybridized carbons (Fsp3) is 0.217. The summed E-state index contributed by atoms with van der Waals surface area (Å²) in [5.41, 5.74) is 1.02. The Labute approximate surface area is 181 Å². The Bertz CT molecular complexity index is 1240. The zero-order valence-corrected chi connectivity index (χ0v) is 18.6. The molecule has 0 spiro atoms. The molecule has 0 radical (unpaired) electrons. The first-order valence-electron chi connectivity index (χ1n) is 9.70. The van der Waals surface area contributed by atoms with Crippen LogP contribution in [0.15, 0.2) is 65.6 Å². The van der Waals surface area contributed by atoms with E-state index < -0.39 is 15.4 Å². The Balaban J connectivity index is 1.84. The number of hydrogen-bond acceptors (Lipinski definition) is 4. The molecule has 3 aromatic rings. The molecule has 0 aliphatic heterocycles. The van der Waals surface area contributed by atoms with Crippen LogP contribution >= 0.6 is 0 Å². The van der Waals surface area contributed by atoms with Crippen LogP contribution in [0, 0.1) is 5.41 Å². The molecule has 2 amide bonds. The van der Waals surface area contributed by atoms with Crippen LogP contribution in [-0.4, -0.2) is 20.2 Å². The average Bonchev–Trinajstić information content (AvgIpc) is 2.67. The van der Waals surface area contributed by atoms with Crippen LogP contribution in [0.4, 0.5) is 17.1 Å². The van der Waals surface area contributed by atoms with E-state index in [0.717, 1.165) is 0 Å². The van der Waals surface area contributed by atoms with Crippen molar-refractivity contribution in [2.75, 3.05) is 15.4 Å². The maximum absolute atomic E-state index is 13.0. The molecule has 0 aromatic heterocycles. The van der Waals surface area contributed by atoms with Gasteiger partial charge in [0.25, 0.3) is 10.0 Å². The van der Waals surface area contributed by atoms with Gasteiger partial charge in [-0.1, -0.05) is 39.0 Å². The number of carbonyl (C=O) groups is 2. The molecule has 0 saturated carbocycles. The van der Waals surface area contributed by atoms with Crippen molar-refractivity contribution in [2.45, 2.75) is 32.6 Å². The van der Waals surface area contributed by atoms with Gasteiger partial charge < -0.3 is 10.6 Å². The van der Waals surface area contributed by atoms with Crippen LogP contribution in [0.5, 0.6) is 0 Å². The number of carbonyl (C=O) groups excluding carboxylic acids is 2. The second-order valence-electron chi connectivity index (χ2n) is 8.26. The lowest BCUT2D eigenvalue weighted by Gasteiger charge is -2.18. The maximum Gasteiger partial charge on any atom is 0.262 e. The normalized spacial score (nSPS) is 11.7. The Morgan fingerprint density at radius 1 is 0.806 bits per heavy atom. The molecule has 8 heteroatoms. The number of benzene rings is 3. The summed E-state index contributed by atoms with van der Waals surface area (Å²) in [4.78, 5) is 23.5. The second kappa shape index (κ2) is 8.39. The molecule has 3 N–H and O–H groups in total. The van der Waals surface area contributed by atoms with Crippen LogP contribution in [-0.2, 0) is 19.6 Å². The molecule has 7 nitrogen and oxygen atoms in total. The van der Waals surface area contributed by atoms with Gasteiger partial charge in [0.15, 0.2) is 0 Å². The number of amides is 2. The molecule has 0 heterocycles. The van der Waals surface area contributed by atoms with Crippen molar-refractivity contribution in [2.24, 2.45) is 5.41 Å². The van der Waals surface area contributed by atoms with E-state index in [1.165, 1.54) is 13.0 Å². The van der Waals surface area contributed by atoms with E-state index in [1.54, 1.807) is 54.6 Å². The van der Waals surface area contributed by atoms with Gasteiger partial charge in [-0.2, -0.15) is 0 Å². The minimum Gasteiger partial charge on any atom is -0.326 e. The first-order chi connectivity index (χ1) is 14.5. The lowest BCUT2D eigenvalue weighted by atomic mass is 9.95. The monoisotopic (exact) mass is 439 g/mol. The van der Waals surface area contributed by atoms with Gasteiger partial charge in [0, 0.05) is 34.8 Å². The summed E-state index contributed by atoms with van der Waals surface area (Å²) in [6.07, 6.45) is 0. The summed E-state index contributed by atoms with van der Waals surface area (Å²) in [5.74, 6) is -0.331. The number of anilines is 3. The highest BCUT2D eigenvalue weighted by Crippen LogP contribution is 2.28. The van der Waals surface area contributed by atoms with Gasteiger partial charge >= 0.3 is 0 Å². The summed E-state index contributed by atoms with van der Waals surface area (Å²) in [5, 5.41) is 6.72. The molecular formula is C23H25N3O4S. The summed E-state index contributed by atoms with van der Waals surface area (Å²) in [6.45, 7) is 6.85. The molecule has 0 atom stereocenters. The molecule has 3 rings (SSSR count). The third-order valence-corrected chi connectivity index (χ3v) is 5.97. The van der Waals surface area contributed by atoms with Crippen molar-refractivity contribution in [3.8, 4) is 0 Å². The van der Waals surface area contributed by atoms with Gasteiger partial charge in [0.1, 0.15) is 0 Å². The van der Waals surface area contributed by atoms with Crippen molar-refractivity contribution in [3.05, 3.63) is 60.7 Å². The maximum atomic E-state index is 13.0. The molecule has 0 aliphatic carbocycles. The second-order valence-corrected chi connectivity index (χ2v) is 9.91. The van der Waals surface area contributed by atoms with E-state index in [9.17, 15) is 18.0 Å². The van der Waals surface area contributed by atoms with Crippen LogP contribution < -0.4 is 15.4 Å². The van der Waals surface area contributed by atoms with Gasteiger partial charge in [0.05, 0.1) is 4.90 Å². The standard InChI is InChI=1S/C23H25N3O4S/c1-15(27)24-19-12-13-20-16(14-19)6-5-7-21(20)31(29,30)26-18-10-8-17(9-11-18)25-22(28)23(2,3)4/h5-14,26H,1-4H3,(H,24,27)(H,25,28). The zero-order chi connectivity index (χ0) is 22.8. The molecule has 0 fully saturated rings. The minimum absolute atomic E-state index is 0.129. The van der Waals surface area contributed by atoms with E-state index in [1.807, 2.05) is 20.8 Å². The highest BCUT2D eigenvalue weighted by Gasteiger charge is 2.21. The number of sulfonamides is 1. The van der Waals surface area contributed by atoms with Gasteiger partial charge in [-0.05, 0) is 47.9 Å². The van der Waals surface area contributed by atoms with Crippen LogP contribution in [0.25, 0.3) is 10.8 Å². The van der Waals surface area contributed by atoms with Crippen molar-refractivity contribution in [1.29, 1.82) is 0 Å². The van der Waals surface area contributed by atoms with Gasteiger partial charge in [0.2, 0.25) is 11.8 Å². The third kappa shape index (κ3) is 5.40. The topological polar surface area (TPSA) is 104 Å². The van der Waals surface area contributed by atoms with Gasteiger partial charge in [-0.15, -0.1) is 0 Å². The first kappa shape index (κ1) is 22.3. The summed E-state index contributed by atoms with van der Waals surface area (Å²) >= 11 is 0. The molecule has 0 saturated heterocycles. The predicted molar refractivity (Wildman–Crippen MR) is 124 cm³/mol. The Morgan fingerprint density at radius 3 is 2.03 bits per heavy atom. The van der Waals surface area contributed by atoms with E-state index in [2.05, 4.69) is 15.4 Å². The minimum atomic E-state index is -3.86. The van der Waals surface area contributed by atoms with Gasteiger partial charge in [-0.25, -0.2) is 8.42 Å². The molecule has 0 bridgehead atoms. The number of rotatable bonds is 5. The smallest absolute Gasteiger partial charge is 0.262 e. The van der Waals surface area contributed by atoms with Crippen LogP contribution in [0.1, 0.15) is 27.7 Å². The Morgan fingerprint density at radius 2 is 1.42 bits per heavy atom. The summed E-state index contributed by atoms with van der Waals surface area (Å²) < 4.78 is 28.6. The predicted octanol–water partition coefficient (Wildman–Crippen LogP) is 4.58. The fourth-order valence-corrected chi connectivity index (χ4v) is 4.21. The number of hydrogen-bond donors (Lipinski definition) is 3. The fourth-order valence-electron chi connectivity index (χ4n) is 2.92. The largest absolute Gasteiger partial charge is 0.326 e. The quantitative estimate of drug-likeness (QED) is 0.541. The van der Waals surface area contributed by atoms with Crippen molar-refractivity contribution in [3.63, 3.8) is 0 Å². The zero-order valence-electron chi connectivity index (χ0n) is 17.8. The van der Waals surface area contributed by atoms with Crippen LogP contribution in [0.2, 0.25) is 0 Å². The van der Waals surface area contributed by atoms with E-state index >= 15 is 0 Å². The summed E-state index contributed by atoms with van der Waals surface area (Å²) in [6, 6.07) is 16.5. The van der Waals surface area contributed by atoms with E-state index in [4.69, 9.17) is 0 Å². The molecular weight excluding hydrogens is 414 g/mol. The highest BCUT2D eigenvalue weighted by molar-refractivity contribution is 7.93. The number of fused-ring (bicyclic) bond motifs is 1. The first-order valence-corrected chi connectivity index (χ1v) is 11.2. The number of nitrogens with one attached hydrogen (secondary N) is 3. The Hall–Kier alpha value is -3.39. The van der Waals surface area contributed by atoms with E-state index in [-0.39, 0.29) is 16.7 Å². The molecule has 0 aliphatic rings. The van der Waals surface area contributed by atoms with Crippen molar-refractivity contribution in [1.82, 2.24) is 0 Å². The lowest BCUT2D eigenvalue weighted by Crippen LogP contribution is -2.27. The van der Waals surface area contributed by atoms with Crippen molar-refractivity contribution >= 4 is 49.7 Å². The third-order valence-electron chi connectivity index (χ3n) is 4.53. The Kier molecular flexibility index (Phi) is 6.03. The van der Waals surface area contributed by atoms with Crippen LogP contribution in [0.3, 0.4) is 0 Å². The lowest BCUT2D eigenvalue weighted by molar-refractivity contribution is -0.123. The molecule has 3 aromatic carbocycles. The average molecular weight is 440 g/mol. The molecule has 0 unspecified atom stereocenters. The molecule has 162 valence electrons. The highest BCUT2D eigenvalue weighted by atomic mass is 32.2. The SMILES string of the molecule is CC(=O)Nc1ccc2c(S(=O)(=O)Nc3ccc(NC(=O)C(C)(C)C)cc3)cccc2c1. The summed E-state index contributed by atoms with van der Waals surface area (Å²) in [7, 11) is -3.86. The molecule has 31 heavy (non-hydrogen) atoms. The van der Waals surface area contributed by atoms with Crippen molar-refractivity contribution < 1.29 is 18.0 Å².